The number of fused-ring (bicyclic) bond motifs is 1. The van der Waals surface area contributed by atoms with E-state index in [1.165, 1.54) is 13.8 Å². The summed E-state index contributed by atoms with van der Waals surface area (Å²) in [6.45, 7) is 9.50. The number of hydrogen-bond acceptors (Lipinski definition) is 8. The fourth-order valence-corrected chi connectivity index (χ4v) is 2.51. The molecule has 32 heavy (non-hydrogen) atoms. The van der Waals surface area contributed by atoms with E-state index in [1.807, 2.05) is 6.07 Å². The second-order valence-corrected chi connectivity index (χ2v) is 7.33. The largest absolute Gasteiger partial charge is 0.491 e. The van der Waals surface area contributed by atoms with Gasteiger partial charge < -0.3 is 29.2 Å². The quantitative estimate of drug-likeness (QED) is 0.380. The van der Waals surface area contributed by atoms with E-state index in [-0.39, 0.29) is 37.6 Å². The average molecular weight is 444 g/mol. The molecule has 0 aliphatic heterocycles. The maximum Gasteiger partial charge on any atom is 0.333 e. The third-order valence-electron chi connectivity index (χ3n) is 4.20. The zero-order valence-corrected chi connectivity index (χ0v) is 18.2. The third-order valence-corrected chi connectivity index (χ3v) is 4.20. The van der Waals surface area contributed by atoms with Crippen LogP contribution in [0.25, 0.3) is 10.8 Å². The predicted octanol–water partition coefficient (Wildman–Crippen LogP) is 2.56. The second kappa shape index (κ2) is 11.9. The minimum Gasteiger partial charge on any atom is -0.491 e. The molecule has 172 valence electrons. The molecule has 8 heteroatoms. The zero-order valence-electron chi connectivity index (χ0n) is 18.2. The molecule has 2 atom stereocenters. The first kappa shape index (κ1) is 24.9. The fraction of sp³-hybridized carbons (Fsp3) is 0.333. The highest BCUT2D eigenvalue weighted by atomic mass is 16.6. The lowest BCUT2D eigenvalue weighted by molar-refractivity contribution is -0.143. The molecule has 0 saturated carbocycles. The monoisotopic (exact) mass is 444 g/mol. The molecule has 0 radical (unpaired) electrons. The number of rotatable bonds is 12. The number of carbonyl (C=O) groups is 2. The Kier molecular flexibility index (Phi) is 9.24. The summed E-state index contributed by atoms with van der Waals surface area (Å²) in [6, 6.07) is 10.7. The van der Waals surface area contributed by atoms with E-state index in [9.17, 15) is 19.8 Å². The summed E-state index contributed by atoms with van der Waals surface area (Å²) in [5, 5.41) is 21.5. The molecule has 0 heterocycles. The molecule has 2 aromatic carbocycles. The van der Waals surface area contributed by atoms with Crippen LogP contribution in [-0.4, -0.2) is 60.8 Å². The maximum atomic E-state index is 11.4. The van der Waals surface area contributed by atoms with Crippen LogP contribution in [-0.2, 0) is 19.1 Å². The van der Waals surface area contributed by atoms with Gasteiger partial charge in [-0.15, -0.1) is 0 Å². The first-order chi connectivity index (χ1) is 15.2. The summed E-state index contributed by atoms with van der Waals surface area (Å²) >= 11 is 0. The Labute approximate surface area is 186 Å². The van der Waals surface area contributed by atoms with Crippen molar-refractivity contribution in [1.82, 2.24) is 0 Å². The van der Waals surface area contributed by atoms with E-state index >= 15 is 0 Å². The van der Waals surface area contributed by atoms with E-state index in [0.29, 0.717) is 11.5 Å². The van der Waals surface area contributed by atoms with Crippen molar-refractivity contribution in [3.8, 4) is 11.5 Å². The van der Waals surface area contributed by atoms with Gasteiger partial charge in [0.25, 0.3) is 0 Å². The van der Waals surface area contributed by atoms with E-state index in [0.717, 1.165) is 10.8 Å². The summed E-state index contributed by atoms with van der Waals surface area (Å²) in [5.74, 6) is -0.0695. The molecule has 2 N–H and O–H groups in total. The van der Waals surface area contributed by atoms with Crippen molar-refractivity contribution in [2.24, 2.45) is 0 Å². The third kappa shape index (κ3) is 7.72. The molecular formula is C24H28O8. The van der Waals surface area contributed by atoms with Crippen LogP contribution in [0.1, 0.15) is 13.8 Å². The van der Waals surface area contributed by atoms with Gasteiger partial charge in [-0.2, -0.15) is 0 Å². The van der Waals surface area contributed by atoms with Crippen LogP contribution < -0.4 is 9.47 Å². The lowest BCUT2D eigenvalue weighted by Gasteiger charge is -2.15. The van der Waals surface area contributed by atoms with E-state index in [4.69, 9.17) is 18.9 Å². The van der Waals surface area contributed by atoms with Gasteiger partial charge in [0.2, 0.25) is 0 Å². The molecule has 8 nitrogen and oxygen atoms in total. The van der Waals surface area contributed by atoms with E-state index < -0.39 is 24.1 Å². The first-order valence-electron chi connectivity index (χ1n) is 9.97. The van der Waals surface area contributed by atoms with Crippen LogP contribution in [0.4, 0.5) is 0 Å². The molecule has 0 spiro atoms. The number of carbonyl (C=O) groups excluding carboxylic acids is 2. The van der Waals surface area contributed by atoms with Crippen LogP contribution in [0.5, 0.6) is 11.5 Å². The summed E-state index contributed by atoms with van der Waals surface area (Å²) in [6.07, 6.45) is -1.97. The van der Waals surface area contributed by atoms with Crippen LogP contribution in [0, 0.1) is 0 Å². The van der Waals surface area contributed by atoms with Gasteiger partial charge in [-0.3, -0.25) is 0 Å². The number of hydrogen-bond donors (Lipinski definition) is 2. The van der Waals surface area contributed by atoms with Gasteiger partial charge in [0, 0.05) is 16.5 Å². The van der Waals surface area contributed by atoms with Gasteiger partial charge >= 0.3 is 11.9 Å². The Bertz CT molecular complexity index is 981. The highest BCUT2D eigenvalue weighted by Gasteiger charge is 2.13. The van der Waals surface area contributed by atoms with Gasteiger partial charge in [0.1, 0.15) is 50.1 Å². The molecule has 2 aromatic rings. The van der Waals surface area contributed by atoms with E-state index in [1.54, 1.807) is 30.3 Å². The summed E-state index contributed by atoms with van der Waals surface area (Å²) < 4.78 is 21.1. The number of ether oxygens (including phenoxy) is 4. The van der Waals surface area contributed by atoms with E-state index in [2.05, 4.69) is 13.2 Å². The van der Waals surface area contributed by atoms with Crippen LogP contribution >= 0.6 is 0 Å². The van der Waals surface area contributed by atoms with Crippen LogP contribution in [0.2, 0.25) is 0 Å². The molecule has 2 unspecified atom stereocenters. The number of esters is 2. The van der Waals surface area contributed by atoms with Crippen molar-refractivity contribution in [3.05, 3.63) is 60.7 Å². The topological polar surface area (TPSA) is 112 Å². The molecule has 0 bridgehead atoms. The molecular weight excluding hydrogens is 416 g/mol. The molecule has 2 rings (SSSR count). The first-order valence-corrected chi connectivity index (χ1v) is 9.97. The van der Waals surface area contributed by atoms with Crippen molar-refractivity contribution < 1.29 is 38.7 Å². The Morgan fingerprint density at radius 2 is 1.41 bits per heavy atom. The molecule has 0 aromatic heterocycles. The standard InChI is InChI=1S/C24H28O8/c1-15(2)23(27)31-13-18(25)11-29-20-8-9-21-17(10-20)6-5-7-22(21)30-12-19(26)14-32-24(28)16(3)4/h5-10,18-19,25-26H,1,3,11-14H2,2,4H3. The van der Waals surface area contributed by atoms with Gasteiger partial charge in [-0.25, -0.2) is 9.59 Å². The molecule has 0 fully saturated rings. The lowest BCUT2D eigenvalue weighted by Crippen LogP contribution is -2.25. The maximum absolute atomic E-state index is 11.4. The second-order valence-electron chi connectivity index (χ2n) is 7.33. The SMILES string of the molecule is C=C(C)C(=O)OCC(O)COc1ccc2c(OCC(O)COC(=O)C(=C)C)cccc2c1. The van der Waals surface area contributed by atoms with Gasteiger partial charge in [0.15, 0.2) is 0 Å². The number of aliphatic hydroxyl groups excluding tert-OH is 2. The average Bonchev–Trinajstić information content (AvgIpc) is 2.77. The van der Waals surface area contributed by atoms with Gasteiger partial charge in [0.05, 0.1) is 0 Å². The minimum atomic E-state index is -0.989. The normalized spacial score (nSPS) is 12.5. The van der Waals surface area contributed by atoms with Gasteiger partial charge in [-0.1, -0.05) is 25.3 Å². The fourth-order valence-electron chi connectivity index (χ4n) is 2.51. The summed E-state index contributed by atoms with van der Waals surface area (Å²) in [5.41, 5.74) is 0.511. The zero-order chi connectivity index (χ0) is 23.7. The minimum absolute atomic E-state index is 0.0553. The highest BCUT2D eigenvalue weighted by Crippen LogP contribution is 2.29. The Morgan fingerprint density at radius 3 is 1.97 bits per heavy atom. The van der Waals surface area contributed by atoms with Crippen LogP contribution in [0.3, 0.4) is 0 Å². The highest BCUT2D eigenvalue weighted by molar-refractivity contribution is 5.89. The Morgan fingerprint density at radius 1 is 0.844 bits per heavy atom. The van der Waals surface area contributed by atoms with Crippen LogP contribution in [0.15, 0.2) is 60.7 Å². The number of benzene rings is 2. The lowest BCUT2D eigenvalue weighted by atomic mass is 10.1. The molecule has 0 aliphatic rings. The van der Waals surface area contributed by atoms with Crippen molar-refractivity contribution in [2.75, 3.05) is 26.4 Å². The summed E-state index contributed by atoms with van der Waals surface area (Å²) in [7, 11) is 0. The van der Waals surface area contributed by atoms with Crippen molar-refractivity contribution in [3.63, 3.8) is 0 Å². The van der Waals surface area contributed by atoms with Crippen molar-refractivity contribution >= 4 is 22.7 Å². The Hall–Kier alpha value is -3.36. The summed E-state index contributed by atoms with van der Waals surface area (Å²) in [4.78, 5) is 22.8. The molecule has 0 saturated heterocycles. The Balaban J connectivity index is 1.91. The van der Waals surface area contributed by atoms with Gasteiger partial charge in [-0.05, 0) is 43.5 Å². The number of aliphatic hydroxyl groups is 2. The molecule has 0 aliphatic carbocycles. The molecule has 0 amide bonds. The van der Waals surface area contributed by atoms with Crippen molar-refractivity contribution in [1.29, 1.82) is 0 Å². The predicted molar refractivity (Wildman–Crippen MR) is 118 cm³/mol. The van der Waals surface area contributed by atoms with Crippen molar-refractivity contribution in [2.45, 2.75) is 26.1 Å². The smallest absolute Gasteiger partial charge is 0.333 e.